The van der Waals surface area contributed by atoms with Crippen molar-refractivity contribution in [3.05, 3.63) is 11.7 Å². The summed E-state index contributed by atoms with van der Waals surface area (Å²) in [5, 5.41) is 3.73. The Labute approximate surface area is 105 Å². The van der Waals surface area contributed by atoms with E-state index in [2.05, 4.69) is 24.0 Å². The normalized spacial score (nSPS) is 13.5. The van der Waals surface area contributed by atoms with Gasteiger partial charge in [0.1, 0.15) is 6.61 Å². The molecule has 5 nitrogen and oxygen atoms in total. The zero-order chi connectivity index (χ0) is 13.5. The van der Waals surface area contributed by atoms with E-state index >= 15 is 0 Å². The number of hydrogen-bond donors (Lipinski definition) is 1. The first-order valence-corrected chi connectivity index (χ1v) is 5.93. The first kappa shape index (κ1) is 15.0. The number of ether oxygens (including phenoxy) is 1. The van der Waals surface area contributed by atoms with Gasteiger partial charge in [-0.05, 0) is 12.3 Å². The first-order chi connectivity index (χ1) is 8.49. The van der Waals surface area contributed by atoms with E-state index in [4.69, 9.17) is 15.0 Å². The third-order valence-corrected chi connectivity index (χ3v) is 2.24. The maximum Gasteiger partial charge on any atom is 0.261 e. The Morgan fingerprint density at radius 2 is 2.11 bits per heavy atom. The Balaban J connectivity index is 2.34. The van der Waals surface area contributed by atoms with E-state index in [0.29, 0.717) is 24.1 Å². The van der Waals surface area contributed by atoms with Crippen molar-refractivity contribution in [2.45, 2.75) is 39.2 Å². The molecule has 0 saturated heterocycles. The third-order valence-electron chi connectivity index (χ3n) is 2.24. The first-order valence-electron chi connectivity index (χ1n) is 5.93. The predicted molar refractivity (Wildman–Crippen MR) is 61.2 cm³/mol. The fourth-order valence-electron chi connectivity index (χ4n) is 1.46. The van der Waals surface area contributed by atoms with Crippen LogP contribution in [0.3, 0.4) is 0 Å². The Kier molecular flexibility index (Phi) is 6.14. The second-order valence-electron chi connectivity index (χ2n) is 4.50. The maximum absolute atomic E-state index is 11.8. The molecule has 104 valence electrons. The van der Waals surface area contributed by atoms with Crippen molar-refractivity contribution < 1.29 is 18.0 Å². The van der Waals surface area contributed by atoms with Crippen LogP contribution >= 0.6 is 0 Å². The molecule has 0 fully saturated rings. The van der Waals surface area contributed by atoms with E-state index < -0.39 is 13.0 Å². The van der Waals surface area contributed by atoms with Gasteiger partial charge >= 0.3 is 0 Å². The summed E-state index contributed by atoms with van der Waals surface area (Å²) in [6.07, 6.45) is -1.36. The summed E-state index contributed by atoms with van der Waals surface area (Å²) in [5.74, 6) is 1.25. The average molecular weight is 263 g/mol. The van der Waals surface area contributed by atoms with E-state index in [9.17, 15) is 8.78 Å². The quantitative estimate of drug-likeness (QED) is 0.725. The molecule has 0 saturated carbocycles. The summed E-state index contributed by atoms with van der Waals surface area (Å²) in [7, 11) is 0. The van der Waals surface area contributed by atoms with Crippen molar-refractivity contribution in [3.8, 4) is 0 Å². The van der Waals surface area contributed by atoms with Crippen LogP contribution in [0.1, 0.15) is 38.0 Å². The molecular formula is C11H19F2N3O2. The van der Waals surface area contributed by atoms with E-state index in [0.717, 1.165) is 6.42 Å². The van der Waals surface area contributed by atoms with Gasteiger partial charge in [0.2, 0.25) is 5.89 Å². The number of nitrogens with zero attached hydrogens (tertiary/aromatic N) is 2. The molecule has 0 aliphatic heterocycles. The third kappa shape index (κ3) is 5.50. The smallest absolute Gasteiger partial charge is 0.261 e. The van der Waals surface area contributed by atoms with E-state index in [-0.39, 0.29) is 12.6 Å². The lowest BCUT2D eigenvalue weighted by Crippen LogP contribution is -2.13. The topological polar surface area (TPSA) is 74.2 Å². The van der Waals surface area contributed by atoms with E-state index in [1.54, 1.807) is 0 Å². The molecule has 1 rings (SSSR count). The van der Waals surface area contributed by atoms with Crippen LogP contribution in [0.5, 0.6) is 0 Å². The number of halogens is 2. The molecule has 0 aliphatic rings. The minimum Gasteiger partial charge on any atom is -0.375 e. The Morgan fingerprint density at radius 1 is 1.39 bits per heavy atom. The highest BCUT2D eigenvalue weighted by molar-refractivity contribution is 4.92. The van der Waals surface area contributed by atoms with Crippen molar-refractivity contribution >= 4 is 0 Å². The second-order valence-corrected chi connectivity index (χ2v) is 4.50. The highest BCUT2D eigenvalue weighted by Gasteiger charge is 2.16. The Hall–Kier alpha value is -1.08. The largest absolute Gasteiger partial charge is 0.375 e. The van der Waals surface area contributed by atoms with Gasteiger partial charge in [-0.1, -0.05) is 19.0 Å². The lowest BCUT2D eigenvalue weighted by Gasteiger charge is -2.08. The molecule has 1 aromatic rings. The van der Waals surface area contributed by atoms with Crippen LogP contribution in [-0.4, -0.2) is 29.8 Å². The van der Waals surface area contributed by atoms with Gasteiger partial charge in [0.15, 0.2) is 5.82 Å². The minimum absolute atomic E-state index is 0.142. The van der Waals surface area contributed by atoms with Gasteiger partial charge in [0, 0.05) is 6.42 Å². The zero-order valence-electron chi connectivity index (χ0n) is 10.6. The molecule has 1 atom stereocenters. The highest BCUT2D eigenvalue weighted by Crippen LogP contribution is 2.16. The van der Waals surface area contributed by atoms with Gasteiger partial charge in [-0.3, -0.25) is 0 Å². The SMILES string of the molecule is CC(C)C[C@H](N)c1nc(CCOCC(F)F)no1. The molecule has 0 unspecified atom stereocenters. The van der Waals surface area contributed by atoms with Crippen LogP contribution in [0, 0.1) is 5.92 Å². The number of rotatable bonds is 8. The molecular weight excluding hydrogens is 244 g/mol. The number of hydrogen-bond acceptors (Lipinski definition) is 5. The van der Waals surface area contributed by atoms with Crippen molar-refractivity contribution in [3.63, 3.8) is 0 Å². The summed E-state index contributed by atoms with van der Waals surface area (Å²) < 4.78 is 33.3. The number of aromatic nitrogens is 2. The fraction of sp³-hybridized carbons (Fsp3) is 0.818. The molecule has 0 bridgehead atoms. The summed E-state index contributed by atoms with van der Waals surface area (Å²) in [6, 6.07) is -0.284. The molecule has 0 spiro atoms. The Bertz CT molecular complexity index is 345. The number of nitrogens with two attached hydrogens (primary N) is 1. The summed E-state index contributed by atoms with van der Waals surface area (Å²) >= 11 is 0. The average Bonchev–Trinajstić information content (AvgIpc) is 2.72. The molecule has 0 radical (unpaired) electrons. The van der Waals surface area contributed by atoms with Gasteiger partial charge in [0.25, 0.3) is 6.43 Å². The molecule has 0 amide bonds. The van der Waals surface area contributed by atoms with Crippen molar-refractivity contribution in [1.29, 1.82) is 0 Å². The predicted octanol–water partition coefficient (Wildman–Crippen LogP) is 1.94. The molecule has 2 N–H and O–H groups in total. The maximum atomic E-state index is 11.8. The van der Waals surface area contributed by atoms with Crippen molar-refractivity contribution in [2.75, 3.05) is 13.2 Å². The second kappa shape index (κ2) is 7.38. The highest BCUT2D eigenvalue weighted by atomic mass is 19.3. The van der Waals surface area contributed by atoms with Crippen molar-refractivity contribution in [2.24, 2.45) is 11.7 Å². The molecule has 1 aromatic heterocycles. The molecule has 0 aliphatic carbocycles. The lowest BCUT2D eigenvalue weighted by atomic mass is 10.0. The Morgan fingerprint density at radius 3 is 2.72 bits per heavy atom. The van der Waals surface area contributed by atoms with Crippen LogP contribution in [0.15, 0.2) is 4.52 Å². The molecule has 18 heavy (non-hydrogen) atoms. The van der Waals surface area contributed by atoms with E-state index in [1.807, 2.05) is 0 Å². The van der Waals surface area contributed by atoms with Crippen LogP contribution in [0.2, 0.25) is 0 Å². The zero-order valence-corrected chi connectivity index (χ0v) is 10.6. The van der Waals surface area contributed by atoms with Gasteiger partial charge in [-0.15, -0.1) is 0 Å². The van der Waals surface area contributed by atoms with Gasteiger partial charge in [-0.25, -0.2) is 8.78 Å². The van der Waals surface area contributed by atoms with Crippen molar-refractivity contribution in [1.82, 2.24) is 10.1 Å². The van der Waals surface area contributed by atoms with Crippen LogP contribution < -0.4 is 5.73 Å². The summed E-state index contributed by atoms with van der Waals surface area (Å²) in [4.78, 5) is 4.11. The molecule has 0 aromatic carbocycles. The molecule has 7 heteroatoms. The van der Waals surface area contributed by atoms with Gasteiger partial charge in [-0.2, -0.15) is 4.98 Å². The van der Waals surface area contributed by atoms with Gasteiger partial charge < -0.3 is 15.0 Å². The lowest BCUT2D eigenvalue weighted by molar-refractivity contribution is 0.0182. The standard InChI is InChI=1S/C11H19F2N3O2/c1-7(2)5-8(14)11-15-10(16-18-11)3-4-17-6-9(12)13/h7-9H,3-6,14H2,1-2H3/t8-/m0/s1. The fourth-order valence-corrected chi connectivity index (χ4v) is 1.46. The minimum atomic E-state index is -2.45. The monoisotopic (exact) mass is 263 g/mol. The summed E-state index contributed by atoms with van der Waals surface area (Å²) in [5.41, 5.74) is 5.88. The van der Waals surface area contributed by atoms with Crippen LogP contribution in [0.4, 0.5) is 8.78 Å². The van der Waals surface area contributed by atoms with Crippen LogP contribution in [0.25, 0.3) is 0 Å². The summed E-state index contributed by atoms with van der Waals surface area (Å²) in [6.45, 7) is 3.67. The van der Waals surface area contributed by atoms with Crippen LogP contribution in [-0.2, 0) is 11.2 Å². The number of alkyl halides is 2. The van der Waals surface area contributed by atoms with Gasteiger partial charge in [0.05, 0.1) is 12.6 Å². The van der Waals surface area contributed by atoms with E-state index in [1.165, 1.54) is 0 Å². The molecule has 1 heterocycles.